The maximum absolute atomic E-state index is 14.3. The van der Waals surface area contributed by atoms with E-state index in [1.54, 1.807) is 31.4 Å². The molecule has 226 valence electrons. The molecule has 8 nitrogen and oxygen atoms in total. The van der Waals surface area contributed by atoms with Crippen LogP contribution in [0.15, 0.2) is 71.6 Å². The minimum Gasteiger partial charge on any atom is -0.496 e. The first-order valence-corrected chi connectivity index (χ1v) is 17.1. The summed E-state index contributed by atoms with van der Waals surface area (Å²) in [4.78, 5) is 27.9. The van der Waals surface area contributed by atoms with E-state index in [0.29, 0.717) is 22.2 Å². The van der Waals surface area contributed by atoms with Gasteiger partial charge in [0.25, 0.3) is 5.91 Å². The number of halogens is 1. The maximum Gasteiger partial charge on any atom is 0.404 e. The average molecular weight is 641 g/mol. The number of hydrogen-bond acceptors (Lipinski definition) is 6. The van der Waals surface area contributed by atoms with E-state index < -0.39 is 15.9 Å². The number of sulfone groups is 1. The first-order valence-electron chi connectivity index (χ1n) is 14.0. The Labute approximate surface area is 260 Å². The third kappa shape index (κ3) is 6.98. The van der Waals surface area contributed by atoms with E-state index in [4.69, 9.17) is 21.4 Å². The highest BCUT2D eigenvalue weighted by molar-refractivity contribution is 7.90. The summed E-state index contributed by atoms with van der Waals surface area (Å²) >= 11 is 8.15. The van der Waals surface area contributed by atoms with Gasteiger partial charge in [-0.25, -0.2) is 13.2 Å². The molecule has 1 fully saturated rings. The fraction of sp³-hybridized carbons (Fsp3) is 0.312. The Bertz CT molecular complexity index is 1750. The number of rotatable bonds is 9. The van der Waals surface area contributed by atoms with Crippen molar-refractivity contribution in [3.05, 3.63) is 82.2 Å². The van der Waals surface area contributed by atoms with Crippen molar-refractivity contribution in [2.45, 2.75) is 43.2 Å². The zero-order valence-corrected chi connectivity index (χ0v) is 26.3. The highest BCUT2D eigenvalue weighted by Crippen LogP contribution is 2.39. The Morgan fingerprint density at radius 2 is 1.70 bits per heavy atom. The molecule has 2 amide bonds. The summed E-state index contributed by atoms with van der Waals surface area (Å²) in [5.41, 5.74) is 2.52. The lowest BCUT2D eigenvalue weighted by Crippen LogP contribution is -2.43. The SMILES string of the molecule is COc1ccc(-c2ccc(S(C)(=O)=O)cc2)cc1CN(C(=O)c1sc2ccccc2c1Cl)C1CCC(CNC(=O)O)CC1. The van der Waals surface area contributed by atoms with Crippen molar-refractivity contribution in [3.63, 3.8) is 0 Å². The molecule has 0 saturated heterocycles. The van der Waals surface area contributed by atoms with Crippen LogP contribution in [0.25, 0.3) is 21.2 Å². The highest BCUT2D eigenvalue weighted by Gasteiger charge is 2.32. The highest BCUT2D eigenvalue weighted by atomic mass is 35.5. The van der Waals surface area contributed by atoms with Gasteiger partial charge in [-0.15, -0.1) is 11.3 Å². The molecule has 4 aromatic rings. The standard InChI is InChI=1S/C32H33ClN2O6S2/c1-41-27-16-11-22(21-9-14-25(15-10-21)43(2,39)40)17-23(27)19-35(24-12-7-20(8-13-24)18-34-32(37)38)31(36)30-29(33)26-5-3-4-6-28(26)42-30/h3-6,9-11,14-17,20,24,34H,7-8,12-13,18-19H2,1-2H3,(H,37,38). The summed E-state index contributed by atoms with van der Waals surface area (Å²) in [6.07, 6.45) is 3.19. The molecule has 0 spiro atoms. The van der Waals surface area contributed by atoms with E-state index in [9.17, 15) is 18.0 Å². The minimum absolute atomic E-state index is 0.0720. The average Bonchev–Trinajstić information content (AvgIpc) is 3.34. The molecule has 0 radical (unpaired) electrons. The molecule has 1 aromatic heterocycles. The number of nitrogens with zero attached hydrogens (tertiary/aromatic N) is 1. The Hall–Kier alpha value is -3.60. The number of hydrogen-bond donors (Lipinski definition) is 2. The molecule has 3 aromatic carbocycles. The van der Waals surface area contributed by atoms with Gasteiger partial charge in [0.1, 0.15) is 10.6 Å². The first-order chi connectivity index (χ1) is 20.5. The van der Waals surface area contributed by atoms with E-state index >= 15 is 0 Å². The number of carbonyl (C=O) groups excluding carboxylic acids is 1. The molecule has 0 aliphatic heterocycles. The van der Waals surface area contributed by atoms with Gasteiger partial charge < -0.3 is 20.1 Å². The second kappa shape index (κ2) is 13.0. The molecule has 1 saturated carbocycles. The van der Waals surface area contributed by atoms with Crippen molar-refractivity contribution < 1.29 is 27.9 Å². The van der Waals surface area contributed by atoms with Crippen LogP contribution in [0.3, 0.4) is 0 Å². The van der Waals surface area contributed by atoms with Gasteiger partial charge in [-0.05, 0) is 73.1 Å². The fourth-order valence-corrected chi connectivity index (χ4v) is 7.80. The van der Waals surface area contributed by atoms with E-state index in [0.717, 1.165) is 52.5 Å². The van der Waals surface area contributed by atoms with Crippen LogP contribution in [0, 0.1) is 5.92 Å². The van der Waals surface area contributed by atoms with Crippen LogP contribution in [0.5, 0.6) is 5.75 Å². The van der Waals surface area contributed by atoms with Gasteiger partial charge in [-0.2, -0.15) is 0 Å². The van der Waals surface area contributed by atoms with Crippen molar-refractivity contribution in [1.29, 1.82) is 0 Å². The van der Waals surface area contributed by atoms with E-state index in [2.05, 4.69) is 5.32 Å². The summed E-state index contributed by atoms with van der Waals surface area (Å²) in [6.45, 7) is 0.677. The van der Waals surface area contributed by atoms with Crippen molar-refractivity contribution in [1.82, 2.24) is 10.2 Å². The molecule has 0 unspecified atom stereocenters. The van der Waals surface area contributed by atoms with E-state index in [1.807, 2.05) is 47.4 Å². The van der Waals surface area contributed by atoms with Crippen LogP contribution in [-0.4, -0.2) is 56.4 Å². The number of nitrogens with one attached hydrogen (secondary N) is 1. The number of methoxy groups -OCH3 is 1. The number of carbonyl (C=O) groups is 2. The number of carboxylic acid groups (broad SMARTS) is 1. The molecule has 1 aliphatic rings. The number of benzene rings is 3. The monoisotopic (exact) mass is 640 g/mol. The molecule has 5 rings (SSSR count). The van der Waals surface area contributed by atoms with Crippen LogP contribution in [0.2, 0.25) is 5.02 Å². The molecular formula is C32H33ClN2O6S2. The van der Waals surface area contributed by atoms with Gasteiger partial charge in [-0.3, -0.25) is 4.79 Å². The first kappa shape index (κ1) is 30.8. The van der Waals surface area contributed by atoms with E-state index in [-0.39, 0.29) is 29.3 Å². The van der Waals surface area contributed by atoms with Gasteiger partial charge in [0.2, 0.25) is 0 Å². The summed E-state index contributed by atoms with van der Waals surface area (Å²) in [5, 5.41) is 12.8. The molecule has 11 heteroatoms. The lowest BCUT2D eigenvalue weighted by molar-refractivity contribution is 0.0592. The van der Waals surface area contributed by atoms with Crippen molar-refractivity contribution >= 4 is 54.9 Å². The normalized spacial score (nSPS) is 17.0. The Kier molecular flexibility index (Phi) is 9.29. The Morgan fingerprint density at radius 3 is 2.33 bits per heavy atom. The second-order valence-corrected chi connectivity index (χ2v) is 14.3. The largest absolute Gasteiger partial charge is 0.496 e. The van der Waals surface area contributed by atoms with Crippen molar-refractivity contribution in [2.75, 3.05) is 19.9 Å². The Morgan fingerprint density at radius 1 is 1.02 bits per heavy atom. The quantitative estimate of drug-likeness (QED) is 0.202. The van der Waals surface area contributed by atoms with Crippen LogP contribution in [0.1, 0.15) is 40.9 Å². The second-order valence-electron chi connectivity index (χ2n) is 10.9. The summed E-state index contributed by atoms with van der Waals surface area (Å²) in [7, 11) is -1.72. The summed E-state index contributed by atoms with van der Waals surface area (Å²) < 4.78 is 30.5. The van der Waals surface area contributed by atoms with Crippen molar-refractivity contribution in [3.8, 4) is 16.9 Å². The number of thiophene rings is 1. The smallest absolute Gasteiger partial charge is 0.404 e. The topological polar surface area (TPSA) is 113 Å². The zero-order valence-electron chi connectivity index (χ0n) is 23.9. The molecular weight excluding hydrogens is 608 g/mol. The van der Waals surface area contributed by atoms with Gasteiger partial charge in [0.15, 0.2) is 9.84 Å². The molecule has 2 N–H and O–H groups in total. The maximum atomic E-state index is 14.3. The van der Waals surface area contributed by atoms with Crippen LogP contribution in [-0.2, 0) is 16.4 Å². The molecule has 43 heavy (non-hydrogen) atoms. The van der Waals surface area contributed by atoms with Crippen LogP contribution >= 0.6 is 22.9 Å². The lowest BCUT2D eigenvalue weighted by atomic mass is 9.85. The predicted molar refractivity (Wildman–Crippen MR) is 170 cm³/mol. The van der Waals surface area contributed by atoms with Gasteiger partial charge in [0, 0.05) is 41.0 Å². The third-order valence-corrected chi connectivity index (χ3v) is 10.8. The number of ether oxygens (including phenoxy) is 1. The Balaban J connectivity index is 1.48. The van der Waals surface area contributed by atoms with E-state index in [1.165, 1.54) is 17.6 Å². The van der Waals surface area contributed by atoms with Gasteiger partial charge in [0.05, 0.1) is 17.0 Å². The van der Waals surface area contributed by atoms with Gasteiger partial charge >= 0.3 is 6.09 Å². The van der Waals surface area contributed by atoms with Crippen molar-refractivity contribution in [2.24, 2.45) is 5.92 Å². The molecule has 1 heterocycles. The summed E-state index contributed by atoms with van der Waals surface area (Å²) in [6, 6.07) is 20.1. The molecule has 0 atom stereocenters. The zero-order chi connectivity index (χ0) is 30.7. The van der Waals surface area contributed by atoms with Gasteiger partial charge in [-0.1, -0.05) is 48.0 Å². The predicted octanol–water partition coefficient (Wildman–Crippen LogP) is 7.10. The van der Waals surface area contributed by atoms with Crippen LogP contribution in [0.4, 0.5) is 4.79 Å². The third-order valence-electron chi connectivity index (χ3n) is 8.03. The minimum atomic E-state index is -3.32. The fourth-order valence-electron chi connectivity index (χ4n) is 5.70. The van der Waals surface area contributed by atoms with Crippen LogP contribution < -0.4 is 10.1 Å². The number of fused-ring (bicyclic) bond motifs is 1. The lowest BCUT2D eigenvalue weighted by Gasteiger charge is -2.37. The number of amides is 2. The molecule has 1 aliphatic carbocycles. The molecule has 0 bridgehead atoms. The summed E-state index contributed by atoms with van der Waals surface area (Å²) in [5.74, 6) is 0.698.